The highest BCUT2D eigenvalue weighted by Crippen LogP contribution is 2.19. The Morgan fingerprint density at radius 1 is 1.50 bits per heavy atom. The Bertz CT molecular complexity index is 765. The highest BCUT2D eigenvalue weighted by molar-refractivity contribution is 5.93. The number of hydrogen-bond acceptors (Lipinski definition) is 3. The summed E-state index contributed by atoms with van der Waals surface area (Å²) in [6.45, 7) is 4.57. The van der Waals surface area contributed by atoms with Gasteiger partial charge in [0.05, 0.1) is 10.9 Å². The third-order valence-electron chi connectivity index (χ3n) is 2.85. The van der Waals surface area contributed by atoms with Gasteiger partial charge in [0.25, 0.3) is 0 Å². The summed E-state index contributed by atoms with van der Waals surface area (Å²) in [5, 5.41) is -0.237. The molecule has 0 bridgehead atoms. The highest BCUT2D eigenvalue weighted by Gasteiger charge is 2.18. The summed E-state index contributed by atoms with van der Waals surface area (Å²) in [4.78, 5) is 26.2. The van der Waals surface area contributed by atoms with Crippen molar-refractivity contribution in [2.24, 2.45) is 0 Å². The third kappa shape index (κ3) is 2.20. The molecule has 4 nitrogen and oxygen atoms in total. The Hall–Kier alpha value is -2.50. The summed E-state index contributed by atoms with van der Waals surface area (Å²) >= 11 is 0. The van der Waals surface area contributed by atoms with Crippen molar-refractivity contribution in [1.29, 1.82) is 0 Å². The van der Waals surface area contributed by atoms with E-state index in [0.717, 1.165) is 12.3 Å². The average molecular weight is 279 g/mol. The van der Waals surface area contributed by atoms with Gasteiger partial charge in [-0.2, -0.15) is 0 Å². The summed E-state index contributed by atoms with van der Waals surface area (Å²) in [5.74, 6) is -2.59. The van der Waals surface area contributed by atoms with Gasteiger partial charge in [-0.3, -0.25) is 4.79 Å². The Kier molecular flexibility index (Phi) is 3.65. The fourth-order valence-electron chi connectivity index (χ4n) is 1.76. The van der Waals surface area contributed by atoms with Crippen molar-refractivity contribution in [2.45, 2.75) is 6.92 Å². The number of benzene rings is 1. The molecule has 0 unspecified atom stereocenters. The predicted octanol–water partition coefficient (Wildman–Crippen LogP) is 2.46. The number of pyridine rings is 1. The molecule has 0 atom stereocenters. The first kappa shape index (κ1) is 13.9. The molecular weight excluding hydrogens is 268 g/mol. The Labute approximate surface area is 112 Å². The van der Waals surface area contributed by atoms with Crippen LogP contribution in [0.25, 0.3) is 10.9 Å². The van der Waals surface area contributed by atoms with Gasteiger partial charge in [0, 0.05) is 11.8 Å². The van der Waals surface area contributed by atoms with Crippen LogP contribution >= 0.6 is 0 Å². The summed E-state index contributed by atoms with van der Waals surface area (Å²) < 4.78 is 32.1. The second kappa shape index (κ2) is 5.24. The summed E-state index contributed by atoms with van der Waals surface area (Å²) in [6, 6.07) is 0.900. The zero-order valence-electron chi connectivity index (χ0n) is 10.6. The molecule has 0 aliphatic heterocycles. The molecule has 0 saturated heterocycles. The number of fused-ring (bicyclic) bond motifs is 1. The molecule has 104 valence electrons. The van der Waals surface area contributed by atoms with E-state index in [1.165, 1.54) is 13.0 Å². The number of H-pyrrole nitrogens is 1. The highest BCUT2D eigenvalue weighted by atomic mass is 19.1. The number of aromatic amines is 1. The summed E-state index contributed by atoms with van der Waals surface area (Å²) in [5.41, 5.74) is -1.45. The molecule has 0 radical (unpaired) electrons. The summed E-state index contributed by atoms with van der Waals surface area (Å²) in [7, 11) is 0. The van der Waals surface area contributed by atoms with E-state index in [4.69, 9.17) is 4.74 Å². The fraction of sp³-hybridized carbons (Fsp3) is 0.143. The van der Waals surface area contributed by atoms with E-state index in [1.807, 2.05) is 0 Å². The molecule has 6 heteroatoms. The molecular formula is C14H11F2NO3. The van der Waals surface area contributed by atoms with Gasteiger partial charge in [0.15, 0.2) is 5.82 Å². The van der Waals surface area contributed by atoms with Crippen molar-refractivity contribution in [3.05, 3.63) is 57.9 Å². The molecule has 0 fully saturated rings. The van der Waals surface area contributed by atoms with Crippen LogP contribution < -0.4 is 5.43 Å². The number of rotatable bonds is 3. The number of halogens is 2. The molecule has 0 amide bonds. The number of carbonyl (C=O) groups excluding carboxylic acids is 1. The normalized spacial score (nSPS) is 10.6. The zero-order chi connectivity index (χ0) is 14.9. The van der Waals surface area contributed by atoms with Crippen molar-refractivity contribution in [3.8, 4) is 0 Å². The van der Waals surface area contributed by atoms with E-state index in [-0.39, 0.29) is 28.6 Å². The number of ether oxygens (including phenoxy) is 1. The molecule has 20 heavy (non-hydrogen) atoms. The molecule has 0 aliphatic rings. The summed E-state index contributed by atoms with van der Waals surface area (Å²) in [6.07, 6.45) is 2.40. The first-order valence-electron chi connectivity index (χ1n) is 5.75. The lowest BCUT2D eigenvalue weighted by molar-refractivity contribution is 0.0548. The number of aromatic nitrogens is 1. The topological polar surface area (TPSA) is 59.2 Å². The molecule has 1 aromatic carbocycles. The monoisotopic (exact) mass is 279 g/mol. The van der Waals surface area contributed by atoms with Crippen LogP contribution in [0.15, 0.2) is 29.7 Å². The SMILES string of the molecule is C=CCOC(=O)c1c[nH]c2c(F)c(C)c(F)cc2c1=O. The third-order valence-corrected chi connectivity index (χ3v) is 2.85. The average Bonchev–Trinajstić information content (AvgIpc) is 2.43. The number of carbonyl (C=O) groups is 1. The van der Waals surface area contributed by atoms with Gasteiger partial charge >= 0.3 is 5.97 Å². The lowest BCUT2D eigenvalue weighted by atomic mass is 10.1. The van der Waals surface area contributed by atoms with Crippen LogP contribution in [0, 0.1) is 18.6 Å². The van der Waals surface area contributed by atoms with Crippen molar-refractivity contribution >= 4 is 16.9 Å². The number of nitrogens with one attached hydrogen (secondary N) is 1. The lowest BCUT2D eigenvalue weighted by Gasteiger charge is -2.06. The van der Waals surface area contributed by atoms with E-state index in [1.54, 1.807) is 0 Å². The minimum absolute atomic E-state index is 0.0626. The zero-order valence-corrected chi connectivity index (χ0v) is 10.6. The minimum atomic E-state index is -0.880. The van der Waals surface area contributed by atoms with Gasteiger partial charge in [-0.05, 0) is 13.0 Å². The van der Waals surface area contributed by atoms with Crippen LogP contribution in [0.3, 0.4) is 0 Å². The van der Waals surface area contributed by atoms with Gasteiger partial charge in [-0.1, -0.05) is 12.7 Å². The smallest absolute Gasteiger partial charge is 0.343 e. The van der Waals surface area contributed by atoms with Gasteiger partial charge in [-0.15, -0.1) is 0 Å². The van der Waals surface area contributed by atoms with Gasteiger partial charge in [-0.25, -0.2) is 13.6 Å². The van der Waals surface area contributed by atoms with Gasteiger partial charge in [0.2, 0.25) is 5.43 Å². The van der Waals surface area contributed by atoms with Gasteiger partial charge in [0.1, 0.15) is 18.0 Å². The molecule has 1 N–H and O–H groups in total. The van der Waals surface area contributed by atoms with Crippen molar-refractivity contribution in [1.82, 2.24) is 4.98 Å². The number of esters is 1. The van der Waals surface area contributed by atoms with E-state index in [2.05, 4.69) is 11.6 Å². The van der Waals surface area contributed by atoms with Crippen LogP contribution in [0.2, 0.25) is 0 Å². The minimum Gasteiger partial charge on any atom is -0.458 e. The molecule has 1 aromatic heterocycles. The van der Waals surface area contributed by atoms with E-state index in [0.29, 0.717) is 0 Å². The maximum Gasteiger partial charge on any atom is 0.343 e. The predicted molar refractivity (Wildman–Crippen MR) is 69.7 cm³/mol. The first-order valence-corrected chi connectivity index (χ1v) is 5.75. The molecule has 0 aliphatic carbocycles. The molecule has 0 spiro atoms. The Balaban J connectivity index is 2.66. The second-order valence-corrected chi connectivity index (χ2v) is 4.14. The lowest BCUT2D eigenvalue weighted by Crippen LogP contribution is -2.19. The van der Waals surface area contributed by atoms with E-state index < -0.39 is 23.0 Å². The molecule has 0 saturated carbocycles. The molecule has 2 rings (SSSR count). The largest absolute Gasteiger partial charge is 0.458 e. The Morgan fingerprint density at radius 2 is 2.20 bits per heavy atom. The van der Waals surface area contributed by atoms with Crippen LogP contribution in [-0.2, 0) is 4.74 Å². The fourth-order valence-corrected chi connectivity index (χ4v) is 1.76. The molecule has 1 heterocycles. The Morgan fingerprint density at radius 3 is 2.85 bits per heavy atom. The van der Waals surface area contributed by atoms with E-state index in [9.17, 15) is 18.4 Å². The van der Waals surface area contributed by atoms with Crippen LogP contribution in [0.1, 0.15) is 15.9 Å². The maximum absolute atomic E-state index is 13.8. The van der Waals surface area contributed by atoms with Crippen molar-refractivity contribution in [2.75, 3.05) is 6.61 Å². The van der Waals surface area contributed by atoms with Crippen LogP contribution in [0.4, 0.5) is 8.78 Å². The van der Waals surface area contributed by atoms with Gasteiger partial charge < -0.3 is 9.72 Å². The molecule has 2 aromatic rings. The number of hydrogen-bond donors (Lipinski definition) is 1. The standard InChI is InChI=1S/C14H11F2NO3/c1-3-4-20-14(19)9-6-17-12-8(13(9)18)5-10(15)7(2)11(12)16/h3,5-6H,1,4H2,2H3,(H,17,18). The van der Waals surface area contributed by atoms with Crippen LogP contribution in [-0.4, -0.2) is 17.6 Å². The van der Waals surface area contributed by atoms with E-state index >= 15 is 0 Å². The van der Waals surface area contributed by atoms with Crippen molar-refractivity contribution in [3.63, 3.8) is 0 Å². The van der Waals surface area contributed by atoms with Crippen LogP contribution in [0.5, 0.6) is 0 Å². The first-order chi connectivity index (χ1) is 9.47. The quantitative estimate of drug-likeness (QED) is 0.693. The maximum atomic E-state index is 13.8. The van der Waals surface area contributed by atoms with Crippen molar-refractivity contribution < 1.29 is 18.3 Å². The second-order valence-electron chi connectivity index (χ2n) is 4.14.